The van der Waals surface area contributed by atoms with Crippen LogP contribution in [0.15, 0.2) is 53.5 Å². The number of halogens is 3. The normalized spacial score (nSPS) is 14.6. The molecular weight excluding hydrogens is 828 g/mol. The van der Waals surface area contributed by atoms with Gasteiger partial charge in [-0.25, -0.2) is 24.4 Å². The third-order valence-electron chi connectivity index (χ3n) is 10.6. The Balaban J connectivity index is 1.21. The Morgan fingerprint density at radius 1 is 1.00 bits per heavy atom. The van der Waals surface area contributed by atoms with Crippen molar-refractivity contribution in [3.63, 3.8) is 0 Å². The molecule has 19 nitrogen and oxygen atoms in total. The van der Waals surface area contributed by atoms with Gasteiger partial charge in [0.15, 0.2) is 5.82 Å². The molecule has 4 aromatic rings. The number of likely N-dealkylation sites (N-methyl/N-ethyl adjacent to an activating group) is 3. The molecule has 1 saturated heterocycles. The number of rotatable bonds is 19. The number of ether oxygens (including phenoxy) is 1. The van der Waals surface area contributed by atoms with Gasteiger partial charge in [0.2, 0.25) is 11.8 Å². The Hall–Kier alpha value is -6.26. The Kier molecular flexibility index (Phi) is 16.5. The van der Waals surface area contributed by atoms with Crippen LogP contribution in [0, 0.1) is 5.92 Å². The van der Waals surface area contributed by atoms with Crippen LogP contribution in [0.4, 0.5) is 40.1 Å². The van der Waals surface area contributed by atoms with Crippen LogP contribution < -0.4 is 42.9 Å². The zero-order valence-corrected chi connectivity index (χ0v) is 36.0. The average Bonchev–Trinajstić information content (AvgIpc) is 3.55. The van der Waals surface area contributed by atoms with Crippen LogP contribution in [-0.2, 0) is 33.7 Å². The van der Waals surface area contributed by atoms with Gasteiger partial charge in [0, 0.05) is 64.7 Å². The van der Waals surface area contributed by atoms with E-state index in [1.54, 1.807) is 37.5 Å². The number of anilines is 3. The second-order valence-corrected chi connectivity index (χ2v) is 15.7. The third-order valence-corrected chi connectivity index (χ3v) is 10.6. The molecule has 0 bridgehead atoms. The highest BCUT2D eigenvalue weighted by Crippen LogP contribution is 2.32. The number of H-pyrrole nitrogens is 1. The van der Waals surface area contributed by atoms with Gasteiger partial charge in [-0.1, -0.05) is 32.0 Å². The van der Waals surface area contributed by atoms with E-state index in [-0.39, 0.29) is 49.0 Å². The molecule has 1 aliphatic heterocycles. The van der Waals surface area contributed by atoms with Crippen LogP contribution in [0.1, 0.15) is 43.5 Å². The number of nitrogens with one attached hydrogen (secondary N) is 6. The minimum Gasteiger partial charge on any atom is -0.444 e. The number of urea groups is 1. The summed E-state index contributed by atoms with van der Waals surface area (Å²) in [6.45, 7) is 9.11. The van der Waals surface area contributed by atoms with Crippen LogP contribution in [-0.4, -0.2) is 132 Å². The van der Waals surface area contributed by atoms with Crippen LogP contribution >= 0.6 is 0 Å². The van der Waals surface area contributed by atoms with Crippen molar-refractivity contribution in [2.75, 3.05) is 82.5 Å². The van der Waals surface area contributed by atoms with Crippen molar-refractivity contribution >= 4 is 52.3 Å². The minimum atomic E-state index is -4.92. The Morgan fingerprint density at radius 2 is 1.70 bits per heavy atom. The summed E-state index contributed by atoms with van der Waals surface area (Å²) in [5.41, 5.74) is 4.16. The second kappa shape index (κ2) is 21.7. The zero-order chi connectivity index (χ0) is 45.8. The van der Waals surface area contributed by atoms with Gasteiger partial charge in [-0.15, -0.1) is 0 Å². The molecule has 0 aliphatic carbocycles. The number of alkyl halides is 3. The van der Waals surface area contributed by atoms with Crippen LogP contribution in [0.5, 0.6) is 0 Å². The Morgan fingerprint density at radius 3 is 2.32 bits per heavy atom. The molecule has 0 spiro atoms. The summed E-state index contributed by atoms with van der Waals surface area (Å²) in [5.74, 6) is -0.805. The highest BCUT2D eigenvalue weighted by molar-refractivity contribution is 5.98. The van der Waals surface area contributed by atoms with E-state index in [2.05, 4.69) is 58.4 Å². The predicted molar refractivity (Wildman–Crippen MR) is 231 cm³/mol. The molecule has 22 heteroatoms. The van der Waals surface area contributed by atoms with Gasteiger partial charge in [-0.2, -0.15) is 13.2 Å². The Bertz CT molecular complexity index is 2240. The van der Waals surface area contributed by atoms with Crippen molar-refractivity contribution in [2.24, 2.45) is 11.7 Å². The van der Waals surface area contributed by atoms with E-state index in [9.17, 15) is 37.1 Å². The molecule has 5 rings (SSSR count). The fourth-order valence-electron chi connectivity index (χ4n) is 6.95. The molecule has 3 aromatic heterocycles. The van der Waals surface area contributed by atoms with Crippen molar-refractivity contribution in [3.8, 4) is 0 Å². The summed E-state index contributed by atoms with van der Waals surface area (Å²) in [5, 5.41) is 13.1. The summed E-state index contributed by atoms with van der Waals surface area (Å²) in [6, 6.07) is 8.23. The predicted octanol–water partition coefficient (Wildman–Crippen LogP) is 2.73. The molecule has 1 aromatic carbocycles. The molecule has 5 amide bonds. The summed E-state index contributed by atoms with van der Waals surface area (Å²) >= 11 is 0. The second-order valence-electron chi connectivity index (χ2n) is 15.7. The molecule has 0 saturated carbocycles. The average molecular weight is 884 g/mol. The number of aromatic nitrogens is 4. The van der Waals surface area contributed by atoms with E-state index in [4.69, 9.17) is 10.5 Å². The fourth-order valence-corrected chi connectivity index (χ4v) is 6.95. The van der Waals surface area contributed by atoms with Gasteiger partial charge in [-0.05, 0) is 68.2 Å². The number of piperazine rings is 1. The number of fused-ring (bicyclic) bond motifs is 1. The first-order valence-electron chi connectivity index (χ1n) is 20.5. The number of carbonyl (C=O) groups excluding carboxylic acids is 4. The highest BCUT2D eigenvalue weighted by atomic mass is 19.4. The molecular formula is C41H56F3N13O6. The van der Waals surface area contributed by atoms with Crippen molar-refractivity contribution in [3.05, 3.63) is 76.0 Å². The van der Waals surface area contributed by atoms with Crippen molar-refractivity contribution in [1.82, 2.24) is 45.3 Å². The summed E-state index contributed by atoms with van der Waals surface area (Å²) < 4.78 is 48.6. The quantitative estimate of drug-likeness (QED) is 0.0674. The highest BCUT2D eigenvalue weighted by Gasteiger charge is 2.35. The standard InChI is InChI=1S/C41H56F3N13O6/c1-25(2)33(46-3)37(59)50-29(7-6-14-47-38(45)60)36(58)49-28-11-8-26(9-12-28)24-63-40(62)53-35-34-30(21-31(51-35)41(42,43)44)57(39(61)52-34)23-27-10-13-32(48-22-27)55(5)17-20-56-18-15-54(4)16-19-56/h8-13,21-22,25,29,33,46H,6-7,14-20,23-24H2,1-5H3,(H,49,58)(H,50,59)(H,52,61)(H3,45,47,60)(H,51,53,62)/t29-,33-/m0/s1. The molecule has 63 heavy (non-hydrogen) atoms. The molecule has 1 aliphatic rings. The van der Waals surface area contributed by atoms with Gasteiger partial charge in [-0.3, -0.25) is 24.4 Å². The lowest BCUT2D eigenvalue weighted by atomic mass is 10.0. The number of pyridine rings is 2. The monoisotopic (exact) mass is 883 g/mol. The number of benzene rings is 1. The van der Waals surface area contributed by atoms with Crippen molar-refractivity contribution in [2.45, 2.75) is 58.1 Å². The Labute approximate surface area is 362 Å². The van der Waals surface area contributed by atoms with Crippen LogP contribution in [0.2, 0.25) is 0 Å². The van der Waals surface area contributed by atoms with Gasteiger partial charge in [0.1, 0.15) is 29.7 Å². The van der Waals surface area contributed by atoms with Gasteiger partial charge in [0.05, 0.1) is 18.1 Å². The first kappa shape index (κ1) is 47.8. The lowest BCUT2D eigenvalue weighted by Crippen LogP contribution is -2.52. The fraction of sp³-hybridized carbons (Fsp3) is 0.488. The molecule has 2 atom stereocenters. The van der Waals surface area contributed by atoms with Crippen molar-refractivity contribution < 1.29 is 37.1 Å². The molecule has 4 heterocycles. The number of carbonyl (C=O) groups is 4. The summed E-state index contributed by atoms with van der Waals surface area (Å²) in [7, 11) is 5.67. The van der Waals surface area contributed by atoms with Crippen molar-refractivity contribution in [1.29, 1.82) is 0 Å². The number of nitrogens with two attached hydrogens (primary N) is 1. The lowest BCUT2D eigenvalue weighted by Gasteiger charge is -2.33. The third kappa shape index (κ3) is 13.6. The van der Waals surface area contributed by atoms with E-state index in [0.717, 1.165) is 49.9 Å². The van der Waals surface area contributed by atoms with E-state index in [0.29, 0.717) is 29.1 Å². The largest absolute Gasteiger partial charge is 0.444 e. The molecule has 8 N–H and O–H groups in total. The summed E-state index contributed by atoms with van der Waals surface area (Å²) in [6.07, 6.45) is -3.96. The first-order chi connectivity index (χ1) is 29.9. The smallest absolute Gasteiger partial charge is 0.433 e. The molecule has 1 fully saturated rings. The minimum absolute atomic E-state index is 0.0620. The maximum Gasteiger partial charge on any atom is 0.433 e. The molecule has 0 unspecified atom stereocenters. The van der Waals surface area contributed by atoms with Crippen LogP contribution in [0.25, 0.3) is 11.0 Å². The van der Waals surface area contributed by atoms with E-state index < -0.39 is 53.5 Å². The van der Waals surface area contributed by atoms with E-state index in [1.165, 1.54) is 12.1 Å². The number of primary amides is 1. The molecule has 0 radical (unpaired) electrons. The number of imidazole rings is 1. The van der Waals surface area contributed by atoms with E-state index in [1.807, 2.05) is 25.8 Å². The molecule has 342 valence electrons. The number of amides is 5. The SMILES string of the molecule is CN[C@H](C(=O)N[C@@H](CCCNC(N)=O)C(=O)Nc1ccc(COC(=O)Nc2nc(C(F)(F)F)cc3c2[nH]c(=O)n3Cc2ccc(N(C)CCN3CCN(C)CC3)nc2)cc1)C(C)C. The van der Waals surface area contributed by atoms with Crippen LogP contribution in [0.3, 0.4) is 0 Å². The number of hydrogen-bond donors (Lipinski definition) is 7. The first-order valence-corrected chi connectivity index (χ1v) is 20.5. The topological polar surface area (TPSA) is 237 Å². The number of aromatic amines is 1. The summed E-state index contributed by atoms with van der Waals surface area (Å²) in [4.78, 5) is 80.7. The van der Waals surface area contributed by atoms with E-state index >= 15 is 0 Å². The van der Waals surface area contributed by atoms with Gasteiger partial charge < -0.3 is 46.5 Å². The number of hydrogen-bond acceptors (Lipinski definition) is 12. The zero-order valence-electron chi connectivity index (χ0n) is 36.0. The van der Waals surface area contributed by atoms with Gasteiger partial charge in [0.25, 0.3) is 0 Å². The number of nitrogens with zero attached hydrogens (tertiary/aromatic N) is 6. The maximum absolute atomic E-state index is 14.1. The lowest BCUT2D eigenvalue weighted by molar-refractivity contribution is -0.141. The van der Waals surface area contributed by atoms with Gasteiger partial charge >= 0.3 is 24.0 Å². The maximum atomic E-state index is 14.1.